The van der Waals surface area contributed by atoms with Crippen molar-refractivity contribution < 1.29 is 18.0 Å². The van der Waals surface area contributed by atoms with Crippen LogP contribution < -0.4 is 10.6 Å². The van der Waals surface area contributed by atoms with Gasteiger partial charge < -0.3 is 20.4 Å². The van der Waals surface area contributed by atoms with Crippen LogP contribution in [0.15, 0.2) is 24.4 Å². The Bertz CT molecular complexity index is 988. The van der Waals surface area contributed by atoms with E-state index in [0.29, 0.717) is 38.3 Å². The Morgan fingerprint density at radius 3 is 2.62 bits per heavy atom. The molecule has 32 heavy (non-hydrogen) atoms. The molecule has 0 bridgehead atoms. The third-order valence-electron chi connectivity index (χ3n) is 5.79. The lowest BCUT2D eigenvalue weighted by molar-refractivity contribution is -0.137. The van der Waals surface area contributed by atoms with E-state index in [1.54, 1.807) is 4.90 Å². The van der Waals surface area contributed by atoms with E-state index in [4.69, 9.17) is 0 Å². The molecule has 0 saturated heterocycles. The Morgan fingerprint density at radius 2 is 1.97 bits per heavy atom. The standard InChI is InChI=1S/C22H27F3N6O/c1-3-30(4-2)21(32)31-10-9-14-11-17(6-5-15(14)13-31)28-20-26-12-18(22(23,24)25)19(29-20)27-16-7-8-16/h5-6,11-12,16H,3-4,7-10,13H2,1-2H3,(H2,26,27,28,29). The summed E-state index contributed by atoms with van der Waals surface area (Å²) in [6.07, 6.45) is -1.32. The first-order chi connectivity index (χ1) is 15.3. The third kappa shape index (κ3) is 4.89. The van der Waals surface area contributed by atoms with Crippen LogP contribution in [0.1, 0.15) is 43.4 Å². The van der Waals surface area contributed by atoms with Gasteiger partial charge in [-0.25, -0.2) is 9.78 Å². The molecule has 1 fully saturated rings. The molecule has 2 aliphatic rings. The fraction of sp³-hybridized carbons (Fsp3) is 0.500. The number of fused-ring (bicyclic) bond motifs is 1. The molecular formula is C22H27F3N6O. The Hall–Kier alpha value is -3.04. The van der Waals surface area contributed by atoms with Gasteiger partial charge in [0.1, 0.15) is 11.4 Å². The summed E-state index contributed by atoms with van der Waals surface area (Å²) in [5, 5.41) is 5.87. The quantitative estimate of drug-likeness (QED) is 0.674. The zero-order valence-corrected chi connectivity index (χ0v) is 18.2. The second-order valence-corrected chi connectivity index (χ2v) is 8.11. The fourth-order valence-corrected chi connectivity index (χ4v) is 3.80. The molecule has 2 heterocycles. The molecule has 2 aromatic rings. The Kier molecular flexibility index (Phi) is 6.12. The maximum atomic E-state index is 13.3. The topological polar surface area (TPSA) is 73.4 Å². The number of anilines is 3. The van der Waals surface area contributed by atoms with Crippen LogP contribution in [0.3, 0.4) is 0 Å². The summed E-state index contributed by atoms with van der Waals surface area (Å²) in [4.78, 5) is 24.2. The van der Waals surface area contributed by atoms with Crippen molar-refractivity contribution in [3.8, 4) is 0 Å². The van der Waals surface area contributed by atoms with Gasteiger partial charge >= 0.3 is 12.2 Å². The van der Waals surface area contributed by atoms with Crippen LogP contribution in [0.25, 0.3) is 0 Å². The van der Waals surface area contributed by atoms with Crippen molar-refractivity contribution >= 4 is 23.5 Å². The van der Waals surface area contributed by atoms with Gasteiger partial charge in [-0.3, -0.25) is 0 Å². The monoisotopic (exact) mass is 448 g/mol. The zero-order valence-electron chi connectivity index (χ0n) is 18.2. The van der Waals surface area contributed by atoms with Crippen LogP contribution in [0.4, 0.5) is 35.4 Å². The van der Waals surface area contributed by atoms with Gasteiger partial charge in [-0.05, 0) is 56.4 Å². The van der Waals surface area contributed by atoms with Crippen molar-refractivity contribution in [3.05, 3.63) is 41.1 Å². The summed E-state index contributed by atoms with van der Waals surface area (Å²) in [5.74, 6) is -0.0868. The number of hydrogen-bond donors (Lipinski definition) is 2. The highest BCUT2D eigenvalue weighted by Crippen LogP contribution is 2.36. The first-order valence-electron chi connectivity index (χ1n) is 10.9. The third-order valence-corrected chi connectivity index (χ3v) is 5.79. The number of carbonyl (C=O) groups excluding carboxylic acids is 1. The number of urea groups is 1. The molecule has 1 aromatic carbocycles. The molecule has 0 unspecified atom stereocenters. The van der Waals surface area contributed by atoms with E-state index in [9.17, 15) is 18.0 Å². The van der Waals surface area contributed by atoms with Crippen molar-refractivity contribution in [1.82, 2.24) is 19.8 Å². The van der Waals surface area contributed by atoms with Crippen molar-refractivity contribution in [2.45, 2.75) is 51.9 Å². The molecule has 0 spiro atoms. The van der Waals surface area contributed by atoms with Crippen LogP contribution in [0.5, 0.6) is 0 Å². The predicted octanol–water partition coefficient (Wildman–Crippen LogP) is 4.63. The summed E-state index contributed by atoms with van der Waals surface area (Å²) in [5.41, 5.74) is 2.00. The number of carbonyl (C=O) groups is 1. The van der Waals surface area contributed by atoms with Crippen LogP contribution in [-0.4, -0.2) is 51.5 Å². The number of nitrogens with zero attached hydrogens (tertiary/aromatic N) is 4. The van der Waals surface area contributed by atoms with E-state index in [1.807, 2.05) is 36.9 Å². The minimum atomic E-state index is -4.52. The lowest BCUT2D eigenvalue weighted by Gasteiger charge is -2.33. The van der Waals surface area contributed by atoms with Crippen LogP contribution in [0.2, 0.25) is 0 Å². The molecule has 2 amide bonds. The van der Waals surface area contributed by atoms with E-state index in [1.165, 1.54) is 0 Å². The summed E-state index contributed by atoms with van der Waals surface area (Å²) >= 11 is 0. The molecule has 172 valence electrons. The number of hydrogen-bond acceptors (Lipinski definition) is 5. The average Bonchev–Trinajstić information content (AvgIpc) is 3.57. The average molecular weight is 448 g/mol. The second-order valence-electron chi connectivity index (χ2n) is 8.11. The summed E-state index contributed by atoms with van der Waals surface area (Å²) in [6.45, 7) is 6.44. The maximum Gasteiger partial charge on any atom is 0.421 e. The highest BCUT2D eigenvalue weighted by atomic mass is 19.4. The SMILES string of the molecule is CCN(CC)C(=O)N1CCc2cc(Nc3ncc(C(F)(F)F)c(NC4CC4)n3)ccc2C1. The lowest BCUT2D eigenvalue weighted by atomic mass is 9.99. The summed E-state index contributed by atoms with van der Waals surface area (Å²) in [7, 11) is 0. The van der Waals surface area contributed by atoms with Gasteiger partial charge in [-0.2, -0.15) is 18.2 Å². The number of halogens is 3. The minimum Gasteiger partial charge on any atom is -0.367 e. The molecule has 0 radical (unpaired) electrons. The maximum absolute atomic E-state index is 13.3. The normalized spacial score (nSPS) is 15.8. The van der Waals surface area contributed by atoms with E-state index < -0.39 is 11.7 Å². The molecule has 7 nitrogen and oxygen atoms in total. The van der Waals surface area contributed by atoms with E-state index in [-0.39, 0.29) is 23.8 Å². The molecule has 2 N–H and O–H groups in total. The van der Waals surface area contributed by atoms with Gasteiger partial charge in [0.2, 0.25) is 5.95 Å². The number of amides is 2. The second kappa shape index (κ2) is 8.84. The van der Waals surface area contributed by atoms with Crippen LogP contribution in [0, 0.1) is 0 Å². The van der Waals surface area contributed by atoms with Crippen molar-refractivity contribution in [2.75, 3.05) is 30.3 Å². The Labute approximate surface area is 185 Å². The smallest absolute Gasteiger partial charge is 0.367 e. The molecule has 1 saturated carbocycles. The Balaban J connectivity index is 1.49. The molecular weight excluding hydrogens is 421 g/mol. The van der Waals surface area contributed by atoms with Gasteiger partial charge in [0.25, 0.3) is 0 Å². The highest BCUT2D eigenvalue weighted by molar-refractivity contribution is 5.75. The molecule has 0 atom stereocenters. The Morgan fingerprint density at radius 1 is 1.22 bits per heavy atom. The van der Waals surface area contributed by atoms with Gasteiger partial charge in [-0.15, -0.1) is 0 Å². The number of benzene rings is 1. The predicted molar refractivity (Wildman–Crippen MR) is 116 cm³/mol. The van der Waals surface area contributed by atoms with Gasteiger partial charge in [0, 0.05) is 44.1 Å². The molecule has 1 aliphatic heterocycles. The zero-order chi connectivity index (χ0) is 22.9. The first kappa shape index (κ1) is 22.2. The van der Waals surface area contributed by atoms with Gasteiger partial charge in [0.15, 0.2) is 0 Å². The van der Waals surface area contributed by atoms with Crippen LogP contribution >= 0.6 is 0 Å². The highest BCUT2D eigenvalue weighted by Gasteiger charge is 2.37. The van der Waals surface area contributed by atoms with Gasteiger partial charge in [-0.1, -0.05) is 6.07 Å². The van der Waals surface area contributed by atoms with Crippen molar-refractivity contribution in [2.24, 2.45) is 0 Å². The molecule has 1 aromatic heterocycles. The molecule has 1 aliphatic carbocycles. The fourth-order valence-electron chi connectivity index (χ4n) is 3.80. The van der Waals surface area contributed by atoms with Crippen molar-refractivity contribution in [1.29, 1.82) is 0 Å². The molecule has 10 heteroatoms. The number of nitrogens with one attached hydrogen (secondary N) is 2. The first-order valence-corrected chi connectivity index (χ1v) is 10.9. The molecule has 4 rings (SSSR count). The summed E-state index contributed by atoms with van der Waals surface area (Å²) < 4.78 is 39.8. The van der Waals surface area contributed by atoms with E-state index >= 15 is 0 Å². The minimum absolute atomic E-state index is 0.0320. The largest absolute Gasteiger partial charge is 0.421 e. The van der Waals surface area contributed by atoms with Crippen LogP contribution in [-0.2, 0) is 19.1 Å². The summed E-state index contributed by atoms with van der Waals surface area (Å²) in [6, 6.07) is 5.79. The van der Waals surface area contributed by atoms with Crippen molar-refractivity contribution in [3.63, 3.8) is 0 Å². The van der Waals surface area contributed by atoms with E-state index in [0.717, 1.165) is 30.2 Å². The number of aromatic nitrogens is 2. The lowest BCUT2D eigenvalue weighted by Crippen LogP contribution is -2.45. The number of rotatable bonds is 6. The van der Waals surface area contributed by atoms with E-state index in [2.05, 4.69) is 20.6 Å². The number of alkyl halides is 3. The van der Waals surface area contributed by atoms with Gasteiger partial charge in [0.05, 0.1) is 0 Å².